The molecular weight excluding hydrogens is 359 g/mol. The molecule has 2 aromatic rings. The van der Waals surface area contributed by atoms with Crippen molar-refractivity contribution in [1.82, 2.24) is 0 Å². The molecule has 3 rings (SSSR count). The van der Waals surface area contributed by atoms with E-state index < -0.39 is 0 Å². The van der Waals surface area contributed by atoms with E-state index in [1.165, 1.54) is 11.1 Å². The lowest BCUT2D eigenvalue weighted by Crippen LogP contribution is -2.05. The van der Waals surface area contributed by atoms with Gasteiger partial charge >= 0.3 is 0 Å². The summed E-state index contributed by atoms with van der Waals surface area (Å²) in [5, 5.41) is 1.32. The van der Waals surface area contributed by atoms with Crippen molar-refractivity contribution in [3.8, 4) is 5.75 Å². The van der Waals surface area contributed by atoms with Gasteiger partial charge < -0.3 is 4.74 Å². The van der Waals surface area contributed by atoms with Crippen molar-refractivity contribution in [3.63, 3.8) is 0 Å². The van der Waals surface area contributed by atoms with E-state index in [1.807, 2.05) is 18.2 Å². The number of halogens is 3. The summed E-state index contributed by atoms with van der Waals surface area (Å²) in [6.07, 6.45) is 1.21. The Morgan fingerprint density at radius 2 is 2.00 bits per heavy atom. The molecule has 0 aliphatic carbocycles. The van der Waals surface area contributed by atoms with Crippen molar-refractivity contribution in [3.05, 3.63) is 63.1 Å². The second kappa shape index (κ2) is 5.59. The predicted molar refractivity (Wildman–Crippen MR) is 87.5 cm³/mol. The van der Waals surface area contributed by atoms with Crippen molar-refractivity contribution in [2.24, 2.45) is 0 Å². The summed E-state index contributed by atoms with van der Waals surface area (Å²) in [7, 11) is 0. The maximum absolute atomic E-state index is 6.28. The van der Waals surface area contributed by atoms with Crippen molar-refractivity contribution >= 4 is 39.1 Å². The predicted octanol–water partition coefficient (Wildman–Crippen LogP) is 5.80. The molecule has 0 N–H and O–H groups in total. The molecule has 2 aromatic carbocycles. The fourth-order valence-electron chi connectivity index (χ4n) is 2.49. The lowest BCUT2D eigenvalue weighted by Gasteiger charge is -2.14. The maximum atomic E-state index is 6.28. The summed E-state index contributed by atoms with van der Waals surface area (Å²) in [6.45, 7) is 2.08. The van der Waals surface area contributed by atoms with Gasteiger partial charge in [0.2, 0.25) is 0 Å². The molecule has 0 radical (unpaired) electrons. The second-order valence-electron chi connectivity index (χ2n) is 5.03. The molecule has 0 saturated carbocycles. The SMILES string of the molecule is CC1Cc2cc(C(Br)c3ccc(Cl)cc3Cl)ccc2O1. The quantitative estimate of drug-likeness (QED) is 0.606. The number of hydrogen-bond donors (Lipinski definition) is 0. The number of fused-ring (bicyclic) bond motifs is 1. The first-order chi connectivity index (χ1) is 9.54. The Balaban J connectivity index is 1.95. The first kappa shape index (κ1) is 14.2. The average Bonchev–Trinajstić information content (AvgIpc) is 2.77. The number of benzene rings is 2. The average molecular weight is 372 g/mol. The maximum Gasteiger partial charge on any atom is 0.123 e. The molecule has 2 atom stereocenters. The molecule has 1 aliphatic rings. The van der Waals surface area contributed by atoms with Crippen LogP contribution in [0.15, 0.2) is 36.4 Å². The monoisotopic (exact) mass is 370 g/mol. The molecule has 0 bridgehead atoms. The third kappa shape index (κ3) is 2.69. The van der Waals surface area contributed by atoms with Crippen molar-refractivity contribution < 1.29 is 4.74 Å². The molecule has 1 nitrogen and oxygen atoms in total. The molecule has 0 fully saturated rings. The Hall–Kier alpha value is -0.700. The lowest BCUT2D eigenvalue weighted by atomic mass is 10.0. The van der Waals surface area contributed by atoms with Crippen LogP contribution in [0.2, 0.25) is 10.0 Å². The van der Waals surface area contributed by atoms with Crippen LogP contribution in [0.25, 0.3) is 0 Å². The van der Waals surface area contributed by atoms with E-state index in [-0.39, 0.29) is 10.9 Å². The highest BCUT2D eigenvalue weighted by Crippen LogP contribution is 2.39. The van der Waals surface area contributed by atoms with Gasteiger partial charge in [0.05, 0.1) is 4.83 Å². The third-order valence-corrected chi connectivity index (χ3v) is 5.03. The number of alkyl halides is 1. The first-order valence-electron chi connectivity index (χ1n) is 6.43. The molecule has 0 amide bonds. The Bertz CT molecular complexity index is 657. The summed E-state index contributed by atoms with van der Waals surface area (Å²) >= 11 is 15.9. The smallest absolute Gasteiger partial charge is 0.123 e. The first-order valence-corrected chi connectivity index (χ1v) is 8.10. The number of ether oxygens (including phenoxy) is 1. The minimum Gasteiger partial charge on any atom is -0.490 e. The van der Waals surface area contributed by atoms with Crippen LogP contribution in [-0.2, 0) is 6.42 Å². The van der Waals surface area contributed by atoms with E-state index in [0.29, 0.717) is 10.0 Å². The van der Waals surface area contributed by atoms with E-state index >= 15 is 0 Å². The Morgan fingerprint density at radius 1 is 1.20 bits per heavy atom. The molecular formula is C16H13BrCl2O. The number of rotatable bonds is 2. The van der Waals surface area contributed by atoms with Crippen LogP contribution in [0.5, 0.6) is 5.75 Å². The van der Waals surface area contributed by atoms with Gasteiger partial charge in [0.15, 0.2) is 0 Å². The molecule has 2 unspecified atom stereocenters. The van der Waals surface area contributed by atoms with Gasteiger partial charge in [0.1, 0.15) is 11.9 Å². The van der Waals surface area contributed by atoms with E-state index in [0.717, 1.165) is 17.7 Å². The van der Waals surface area contributed by atoms with Crippen LogP contribution in [0, 0.1) is 0 Å². The van der Waals surface area contributed by atoms with Crippen LogP contribution < -0.4 is 4.74 Å². The van der Waals surface area contributed by atoms with Gasteiger partial charge in [0.25, 0.3) is 0 Å². The molecule has 1 aliphatic heterocycles. The standard InChI is InChI=1S/C16H13BrCl2O/c1-9-6-11-7-10(2-5-15(11)20-9)16(17)13-4-3-12(18)8-14(13)19/h2-5,7-9,16H,6H2,1H3. The molecule has 104 valence electrons. The van der Waals surface area contributed by atoms with Crippen LogP contribution >= 0.6 is 39.1 Å². The van der Waals surface area contributed by atoms with Gasteiger partial charge in [-0.25, -0.2) is 0 Å². The number of hydrogen-bond acceptors (Lipinski definition) is 1. The van der Waals surface area contributed by atoms with Crippen molar-refractivity contribution in [1.29, 1.82) is 0 Å². The fourth-order valence-corrected chi connectivity index (χ4v) is 3.82. The van der Waals surface area contributed by atoms with Gasteiger partial charge in [-0.05, 0) is 41.8 Å². The molecule has 4 heteroatoms. The van der Waals surface area contributed by atoms with Gasteiger partial charge in [0, 0.05) is 16.5 Å². The highest BCUT2D eigenvalue weighted by atomic mass is 79.9. The normalized spacial score (nSPS) is 18.5. The van der Waals surface area contributed by atoms with E-state index in [1.54, 1.807) is 6.07 Å². The van der Waals surface area contributed by atoms with E-state index in [2.05, 4.69) is 35.0 Å². The summed E-state index contributed by atoms with van der Waals surface area (Å²) < 4.78 is 5.73. The highest BCUT2D eigenvalue weighted by Gasteiger charge is 2.21. The topological polar surface area (TPSA) is 9.23 Å². The Kier molecular flexibility index (Phi) is 3.98. The molecule has 0 saturated heterocycles. The molecule has 1 heterocycles. The summed E-state index contributed by atoms with van der Waals surface area (Å²) in [5.41, 5.74) is 3.44. The third-order valence-electron chi connectivity index (χ3n) is 3.45. The van der Waals surface area contributed by atoms with Crippen LogP contribution in [-0.4, -0.2) is 6.10 Å². The van der Waals surface area contributed by atoms with E-state index in [9.17, 15) is 0 Å². The van der Waals surface area contributed by atoms with Crippen molar-refractivity contribution in [2.45, 2.75) is 24.3 Å². The van der Waals surface area contributed by atoms with Crippen LogP contribution in [0.4, 0.5) is 0 Å². The zero-order chi connectivity index (χ0) is 14.3. The summed E-state index contributed by atoms with van der Waals surface area (Å²) in [5.74, 6) is 0.989. The molecule has 0 spiro atoms. The minimum atomic E-state index is 0.0495. The molecule has 0 aromatic heterocycles. The Morgan fingerprint density at radius 3 is 2.75 bits per heavy atom. The summed E-state index contributed by atoms with van der Waals surface area (Å²) in [6, 6.07) is 11.9. The largest absolute Gasteiger partial charge is 0.490 e. The summed E-state index contributed by atoms with van der Waals surface area (Å²) in [4.78, 5) is 0.0495. The lowest BCUT2D eigenvalue weighted by molar-refractivity contribution is 0.254. The highest BCUT2D eigenvalue weighted by molar-refractivity contribution is 9.09. The zero-order valence-electron chi connectivity index (χ0n) is 10.9. The van der Waals surface area contributed by atoms with Gasteiger partial charge in [-0.1, -0.05) is 57.3 Å². The minimum absolute atomic E-state index is 0.0495. The van der Waals surface area contributed by atoms with Crippen LogP contribution in [0.3, 0.4) is 0 Å². The van der Waals surface area contributed by atoms with E-state index in [4.69, 9.17) is 27.9 Å². The Labute approximate surface area is 137 Å². The van der Waals surface area contributed by atoms with Gasteiger partial charge in [-0.2, -0.15) is 0 Å². The van der Waals surface area contributed by atoms with Gasteiger partial charge in [-0.3, -0.25) is 0 Å². The van der Waals surface area contributed by atoms with Crippen molar-refractivity contribution in [2.75, 3.05) is 0 Å². The zero-order valence-corrected chi connectivity index (χ0v) is 14.0. The van der Waals surface area contributed by atoms with Gasteiger partial charge in [-0.15, -0.1) is 0 Å². The fraction of sp³-hybridized carbons (Fsp3) is 0.250. The molecule has 20 heavy (non-hydrogen) atoms. The second-order valence-corrected chi connectivity index (χ2v) is 6.79. The van der Waals surface area contributed by atoms with Crippen LogP contribution in [0.1, 0.15) is 28.4 Å².